The van der Waals surface area contributed by atoms with Crippen LogP contribution in [0.3, 0.4) is 0 Å². The van der Waals surface area contributed by atoms with Crippen LogP contribution >= 0.6 is 23.4 Å². The Morgan fingerprint density at radius 1 is 1.13 bits per heavy atom. The van der Waals surface area contributed by atoms with Crippen LogP contribution < -0.4 is 5.32 Å². The first-order chi connectivity index (χ1) is 18.9. The summed E-state index contributed by atoms with van der Waals surface area (Å²) in [5.74, 6) is 0.0233. The molecule has 0 radical (unpaired) electrons. The molecule has 0 fully saturated rings. The summed E-state index contributed by atoms with van der Waals surface area (Å²) in [5.41, 5.74) is 5.11. The molecule has 1 N–H and O–H groups in total. The maximum atomic E-state index is 11.2. The zero-order valence-corrected chi connectivity index (χ0v) is 25.9. The van der Waals surface area contributed by atoms with Crippen molar-refractivity contribution >= 4 is 41.7 Å². The van der Waals surface area contributed by atoms with Crippen molar-refractivity contribution in [1.82, 2.24) is 5.32 Å². The van der Waals surface area contributed by atoms with Gasteiger partial charge in [0.15, 0.2) is 0 Å². The average molecular weight is 566 g/mol. The number of aliphatic imine (C=N–C) groups is 2. The third kappa shape index (κ3) is 15.1. The molecule has 3 rings (SSSR count). The Morgan fingerprint density at radius 2 is 1.77 bits per heavy atom. The summed E-state index contributed by atoms with van der Waals surface area (Å²) in [6, 6.07) is 16.2. The Kier molecular flexibility index (Phi) is 21.0. The Bertz CT molecular complexity index is 1130. The van der Waals surface area contributed by atoms with Crippen LogP contribution in [0, 0.1) is 0 Å². The van der Waals surface area contributed by atoms with Crippen LogP contribution in [0.4, 0.5) is 0 Å². The van der Waals surface area contributed by atoms with Gasteiger partial charge in [-0.15, -0.1) is 0 Å². The number of rotatable bonds is 8. The molecule has 0 saturated heterocycles. The zero-order valence-electron chi connectivity index (χ0n) is 24.3. The lowest BCUT2D eigenvalue weighted by Gasteiger charge is -2.09. The van der Waals surface area contributed by atoms with E-state index in [1.165, 1.54) is 16.9 Å². The van der Waals surface area contributed by atoms with Gasteiger partial charge < -0.3 is 5.32 Å². The van der Waals surface area contributed by atoms with Crippen LogP contribution in [0.1, 0.15) is 71.9 Å². The van der Waals surface area contributed by atoms with Crippen molar-refractivity contribution in [3.8, 4) is 0 Å². The molecule has 2 aromatic carbocycles. The fourth-order valence-corrected chi connectivity index (χ4v) is 3.91. The van der Waals surface area contributed by atoms with E-state index in [0.29, 0.717) is 19.4 Å². The van der Waals surface area contributed by atoms with Crippen molar-refractivity contribution in [1.29, 1.82) is 0 Å². The van der Waals surface area contributed by atoms with Gasteiger partial charge in [-0.25, -0.2) is 0 Å². The van der Waals surface area contributed by atoms with Crippen molar-refractivity contribution in [3.63, 3.8) is 0 Å². The van der Waals surface area contributed by atoms with Crippen molar-refractivity contribution in [2.75, 3.05) is 6.54 Å². The van der Waals surface area contributed by atoms with Gasteiger partial charge in [-0.2, -0.15) is 0 Å². The Hall–Kier alpha value is -3.15. The Labute approximate surface area is 245 Å². The first kappa shape index (κ1) is 35.9. The third-order valence-corrected chi connectivity index (χ3v) is 5.98. The summed E-state index contributed by atoms with van der Waals surface area (Å²) in [6.07, 6.45) is 9.47. The molecule has 0 saturated carbocycles. The van der Waals surface area contributed by atoms with Crippen LogP contribution in [0.2, 0.25) is 5.02 Å². The van der Waals surface area contributed by atoms with Gasteiger partial charge in [-0.05, 0) is 50.2 Å². The summed E-state index contributed by atoms with van der Waals surface area (Å²) in [5, 5.41) is 5.62. The second kappa shape index (κ2) is 22.8. The molecule has 1 aliphatic heterocycles. The van der Waals surface area contributed by atoms with E-state index in [2.05, 4.69) is 61.1 Å². The summed E-state index contributed by atoms with van der Waals surface area (Å²) in [4.78, 5) is 21.0. The fraction of sp³-hybridized carbons (Fsp3) is 0.303. The van der Waals surface area contributed by atoms with E-state index in [9.17, 15) is 4.79 Å². The number of carbonyl (C=O) groups excluding carboxylic acids is 1. The molecule has 0 spiro atoms. The summed E-state index contributed by atoms with van der Waals surface area (Å²) in [6.45, 7) is 19.7. The van der Waals surface area contributed by atoms with E-state index in [-0.39, 0.29) is 5.91 Å². The number of allylic oxidation sites excluding steroid dienone is 4. The van der Waals surface area contributed by atoms with E-state index < -0.39 is 0 Å². The van der Waals surface area contributed by atoms with Crippen molar-refractivity contribution in [2.45, 2.75) is 65.7 Å². The number of hydrogen-bond donors (Lipinski definition) is 1. The first-order valence-corrected chi connectivity index (χ1v) is 14.6. The molecule has 210 valence electrons. The highest BCUT2D eigenvalue weighted by Gasteiger charge is 2.14. The fourth-order valence-electron chi connectivity index (χ4n) is 2.98. The predicted octanol–water partition coefficient (Wildman–Crippen LogP) is 9.82. The zero-order chi connectivity index (χ0) is 29.5. The SMILES string of the molecule is C=C/C=C(/CCNC(=O)C/C=C\C)N=C.CC.CC1=CSc2ccccc2C(c2ccc(Cl)cc2)=N1.CCC. The lowest BCUT2D eigenvalue weighted by molar-refractivity contribution is -0.120. The average Bonchev–Trinajstić information content (AvgIpc) is 3.12. The smallest absolute Gasteiger partial charge is 0.223 e. The first-order valence-electron chi connectivity index (χ1n) is 13.3. The maximum absolute atomic E-state index is 11.2. The molecule has 2 aromatic rings. The molecule has 39 heavy (non-hydrogen) atoms. The van der Waals surface area contributed by atoms with Crippen LogP contribution in [0.15, 0.2) is 111 Å². The number of fused-ring (bicyclic) bond motifs is 1. The monoisotopic (exact) mass is 565 g/mol. The van der Waals surface area contributed by atoms with E-state index in [1.807, 2.05) is 70.2 Å². The molecule has 0 bridgehead atoms. The highest BCUT2D eigenvalue weighted by molar-refractivity contribution is 8.02. The van der Waals surface area contributed by atoms with Gasteiger partial charge in [0.25, 0.3) is 0 Å². The topological polar surface area (TPSA) is 53.8 Å². The van der Waals surface area contributed by atoms with Gasteiger partial charge in [0, 0.05) is 51.8 Å². The molecule has 1 amide bonds. The lowest BCUT2D eigenvalue weighted by Crippen LogP contribution is -2.23. The van der Waals surface area contributed by atoms with Crippen LogP contribution in [0.5, 0.6) is 0 Å². The number of nitrogens with one attached hydrogen (secondary N) is 1. The molecule has 4 nitrogen and oxygen atoms in total. The highest BCUT2D eigenvalue weighted by atomic mass is 35.5. The molecule has 6 heteroatoms. The predicted molar refractivity (Wildman–Crippen MR) is 175 cm³/mol. The van der Waals surface area contributed by atoms with Gasteiger partial charge in [0.2, 0.25) is 5.91 Å². The van der Waals surface area contributed by atoms with Crippen LogP contribution in [0.25, 0.3) is 0 Å². The number of thioether (sulfide) groups is 1. The number of halogens is 1. The van der Waals surface area contributed by atoms with E-state index in [0.717, 1.165) is 27.7 Å². The van der Waals surface area contributed by atoms with Gasteiger partial charge >= 0.3 is 0 Å². The molecule has 0 aliphatic carbocycles. The molecular formula is C33H44ClN3OS. The van der Waals surface area contributed by atoms with Gasteiger partial charge in [-0.3, -0.25) is 14.8 Å². The third-order valence-electron chi connectivity index (χ3n) is 4.66. The van der Waals surface area contributed by atoms with E-state index in [1.54, 1.807) is 23.9 Å². The molecule has 0 atom stereocenters. The number of nitrogens with zero attached hydrogens (tertiary/aromatic N) is 2. The van der Waals surface area contributed by atoms with Crippen LogP contribution in [-0.2, 0) is 4.79 Å². The molecule has 1 heterocycles. The minimum absolute atomic E-state index is 0.0233. The van der Waals surface area contributed by atoms with Gasteiger partial charge in [0.1, 0.15) is 0 Å². The Morgan fingerprint density at radius 3 is 2.36 bits per heavy atom. The van der Waals surface area contributed by atoms with Crippen LogP contribution in [-0.4, -0.2) is 24.9 Å². The van der Waals surface area contributed by atoms with Gasteiger partial charge in [-0.1, -0.05) is 113 Å². The van der Waals surface area contributed by atoms with Crippen molar-refractivity contribution in [3.05, 3.63) is 112 Å². The number of amides is 1. The second-order valence-electron chi connectivity index (χ2n) is 7.97. The molecule has 0 unspecified atom stereocenters. The second-order valence-corrected chi connectivity index (χ2v) is 9.32. The Balaban J connectivity index is 0.000000652. The van der Waals surface area contributed by atoms with E-state index in [4.69, 9.17) is 16.6 Å². The van der Waals surface area contributed by atoms with Gasteiger partial charge in [0.05, 0.1) is 5.71 Å². The minimum atomic E-state index is 0.0233. The molecule has 1 aliphatic rings. The number of benzene rings is 2. The largest absolute Gasteiger partial charge is 0.355 e. The quantitative estimate of drug-likeness (QED) is 0.197. The maximum Gasteiger partial charge on any atom is 0.223 e. The number of hydrogen-bond acceptors (Lipinski definition) is 4. The number of carbonyl (C=O) groups is 1. The summed E-state index contributed by atoms with van der Waals surface area (Å²) < 4.78 is 0. The standard InChI is InChI=1S/C16H12ClNS.C12H18N2O.C3H8.C2H6/c1-11-10-19-15-5-3-2-4-14(15)16(18-11)12-6-8-13(17)9-7-12;1-4-6-8-12(15)14-10-9-11(13-3)7-5-2;1-3-2;1-2/h2-10H,1H3;4-7H,2-3,8-10H2,1H3,(H,14,15);3H2,1-2H3;1-2H3/b;6-4-,11-7-;;. The highest BCUT2D eigenvalue weighted by Crippen LogP contribution is 2.31. The minimum Gasteiger partial charge on any atom is -0.355 e. The summed E-state index contributed by atoms with van der Waals surface area (Å²) >= 11 is 7.67. The van der Waals surface area contributed by atoms with Crippen molar-refractivity contribution < 1.29 is 4.79 Å². The van der Waals surface area contributed by atoms with Crippen molar-refractivity contribution in [2.24, 2.45) is 9.98 Å². The molecular weight excluding hydrogens is 522 g/mol. The molecule has 0 aromatic heterocycles. The normalized spacial score (nSPS) is 11.9. The van der Waals surface area contributed by atoms with E-state index >= 15 is 0 Å². The summed E-state index contributed by atoms with van der Waals surface area (Å²) in [7, 11) is 0. The lowest BCUT2D eigenvalue weighted by atomic mass is 10.0.